The van der Waals surface area contributed by atoms with Crippen molar-refractivity contribution in [2.75, 3.05) is 41.8 Å². The van der Waals surface area contributed by atoms with Gasteiger partial charge >= 0.3 is 0 Å². The Labute approximate surface area is 172 Å². The van der Waals surface area contributed by atoms with Crippen LogP contribution in [0, 0.1) is 6.92 Å². The van der Waals surface area contributed by atoms with Gasteiger partial charge in [0.2, 0.25) is 5.95 Å². The zero-order valence-corrected chi connectivity index (χ0v) is 17.2. The summed E-state index contributed by atoms with van der Waals surface area (Å²) in [5.41, 5.74) is 4.51. The van der Waals surface area contributed by atoms with Crippen molar-refractivity contribution in [3.05, 3.63) is 66.1 Å². The van der Waals surface area contributed by atoms with Crippen LogP contribution in [0.1, 0.15) is 24.1 Å². The van der Waals surface area contributed by atoms with E-state index in [4.69, 9.17) is 4.98 Å². The molecule has 1 aromatic carbocycles. The molecule has 3 aromatic rings. The van der Waals surface area contributed by atoms with E-state index in [0.717, 1.165) is 43.3 Å². The van der Waals surface area contributed by atoms with E-state index in [1.165, 1.54) is 24.1 Å². The molecule has 2 aromatic heterocycles. The average molecular weight is 389 g/mol. The van der Waals surface area contributed by atoms with Crippen LogP contribution >= 0.6 is 0 Å². The van der Waals surface area contributed by atoms with Crippen molar-refractivity contribution in [2.45, 2.75) is 26.2 Å². The lowest BCUT2D eigenvalue weighted by molar-refractivity contribution is 0.853. The highest BCUT2D eigenvalue weighted by Gasteiger charge is 2.12. The van der Waals surface area contributed by atoms with Gasteiger partial charge in [-0.2, -0.15) is 4.98 Å². The number of aryl methyl sites for hydroxylation is 1. The van der Waals surface area contributed by atoms with Crippen molar-refractivity contribution < 1.29 is 0 Å². The molecule has 1 saturated heterocycles. The second-order valence-electron chi connectivity index (χ2n) is 7.58. The first-order valence-corrected chi connectivity index (χ1v) is 10.3. The minimum Gasteiger partial charge on any atom is -0.372 e. The Morgan fingerprint density at radius 2 is 1.72 bits per heavy atom. The highest BCUT2D eigenvalue weighted by molar-refractivity contribution is 5.60. The Kier molecular flexibility index (Phi) is 5.89. The molecular weight excluding hydrogens is 360 g/mol. The van der Waals surface area contributed by atoms with E-state index in [2.05, 4.69) is 68.5 Å². The van der Waals surface area contributed by atoms with Crippen LogP contribution in [0.3, 0.4) is 0 Å². The number of likely N-dealkylation sites (N-methyl/N-ethyl adjacent to an activating group) is 1. The van der Waals surface area contributed by atoms with E-state index in [1.807, 2.05) is 25.4 Å². The van der Waals surface area contributed by atoms with Gasteiger partial charge in [0, 0.05) is 62.2 Å². The van der Waals surface area contributed by atoms with Crippen LogP contribution in [0.25, 0.3) is 0 Å². The zero-order valence-electron chi connectivity index (χ0n) is 17.2. The van der Waals surface area contributed by atoms with Crippen LogP contribution in [-0.2, 0) is 6.42 Å². The van der Waals surface area contributed by atoms with Crippen LogP contribution in [0.4, 0.5) is 23.1 Å². The van der Waals surface area contributed by atoms with E-state index in [1.54, 1.807) is 0 Å². The maximum absolute atomic E-state index is 4.72. The smallest absolute Gasteiger partial charge is 0.229 e. The molecule has 1 aliphatic rings. The van der Waals surface area contributed by atoms with Gasteiger partial charge in [0.25, 0.3) is 0 Å². The lowest BCUT2D eigenvalue weighted by atomic mass is 10.2. The Bertz CT molecular complexity index is 920. The molecular formula is C23H28N6. The summed E-state index contributed by atoms with van der Waals surface area (Å²) in [6.45, 7) is 5.19. The van der Waals surface area contributed by atoms with Crippen molar-refractivity contribution >= 4 is 23.1 Å². The Morgan fingerprint density at radius 1 is 1.00 bits per heavy atom. The van der Waals surface area contributed by atoms with Gasteiger partial charge in [-0.3, -0.25) is 4.98 Å². The van der Waals surface area contributed by atoms with Crippen molar-refractivity contribution in [3.8, 4) is 0 Å². The SMILES string of the molecule is Cc1cc(N(C)CCc2ccncc2)nc(Nc2ccc(N3CCCC3)cc2)n1. The minimum absolute atomic E-state index is 0.629. The van der Waals surface area contributed by atoms with Crippen LogP contribution in [-0.4, -0.2) is 41.6 Å². The van der Waals surface area contributed by atoms with E-state index in [9.17, 15) is 0 Å². The molecule has 0 bridgehead atoms. The number of nitrogens with one attached hydrogen (secondary N) is 1. The maximum atomic E-state index is 4.72. The van der Waals surface area contributed by atoms with Gasteiger partial charge in [0.1, 0.15) is 5.82 Å². The summed E-state index contributed by atoms with van der Waals surface area (Å²) in [5.74, 6) is 1.55. The summed E-state index contributed by atoms with van der Waals surface area (Å²) >= 11 is 0. The third-order valence-corrected chi connectivity index (χ3v) is 5.31. The van der Waals surface area contributed by atoms with Gasteiger partial charge in [-0.1, -0.05) is 0 Å². The molecule has 0 unspecified atom stereocenters. The molecule has 6 heteroatoms. The molecule has 4 rings (SSSR count). The van der Waals surface area contributed by atoms with Crippen LogP contribution in [0.15, 0.2) is 54.9 Å². The Morgan fingerprint density at radius 3 is 2.45 bits per heavy atom. The molecule has 0 atom stereocenters. The second kappa shape index (κ2) is 8.90. The third kappa shape index (κ3) is 5.02. The largest absolute Gasteiger partial charge is 0.372 e. The van der Waals surface area contributed by atoms with Gasteiger partial charge in [-0.15, -0.1) is 0 Å². The van der Waals surface area contributed by atoms with E-state index < -0.39 is 0 Å². The van der Waals surface area contributed by atoms with Crippen molar-refractivity contribution in [2.24, 2.45) is 0 Å². The number of benzene rings is 1. The first kappa shape index (κ1) is 19.2. The lowest BCUT2D eigenvalue weighted by Crippen LogP contribution is -2.22. The van der Waals surface area contributed by atoms with Gasteiger partial charge in [-0.05, 0) is 68.1 Å². The van der Waals surface area contributed by atoms with Crippen LogP contribution in [0.2, 0.25) is 0 Å². The fourth-order valence-corrected chi connectivity index (χ4v) is 3.62. The highest BCUT2D eigenvalue weighted by Crippen LogP contribution is 2.24. The van der Waals surface area contributed by atoms with Gasteiger partial charge in [0.15, 0.2) is 0 Å². The average Bonchev–Trinajstić information content (AvgIpc) is 3.28. The van der Waals surface area contributed by atoms with E-state index in [-0.39, 0.29) is 0 Å². The number of hydrogen-bond donors (Lipinski definition) is 1. The minimum atomic E-state index is 0.629. The topological polar surface area (TPSA) is 57.2 Å². The van der Waals surface area contributed by atoms with Gasteiger partial charge in [0.05, 0.1) is 0 Å². The number of aromatic nitrogens is 3. The van der Waals surface area contributed by atoms with Crippen LogP contribution < -0.4 is 15.1 Å². The monoisotopic (exact) mass is 388 g/mol. The molecule has 3 heterocycles. The predicted molar refractivity (Wildman–Crippen MR) is 119 cm³/mol. The standard InChI is InChI=1S/C23H28N6/c1-18-17-22(28(2)16-11-19-9-12-24-13-10-19)27-23(25-18)26-20-5-7-21(8-6-20)29-14-3-4-15-29/h5-10,12-13,17H,3-4,11,14-16H2,1-2H3,(H,25,26,27). The fourth-order valence-electron chi connectivity index (χ4n) is 3.62. The number of pyridine rings is 1. The molecule has 0 radical (unpaired) electrons. The number of rotatable bonds is 7. The van der Waals surface area contributed by atoms with Crippen molar-refractivity contribution in [3.63, 3.8) is 0 Å². The summed E-state index contributed by atoms with van der Waals surface area (Å²) < 4.78 is 0. The fraction of sp³-hybridized carbons (Fsp3) is 0.348. The molecule has 1 aliphatic heterocycles. The molecule has 1 fully saturated rings. The van der Waals surface area contributed by atoms with Crippen molar-refractivity contribution in [1.82, 2.24) is 15.0 Å². The second-order valence-corrected chi connectivity index (χ2v) is 7.58. The van der Waals surface area contributed by atoms with Gasteiger partial charge in [-0.25, -0.2) is 4.98 Å². The molecule has 6 nitrogen and oxygen atoms in total. The molecule has 0 aliphatic carbocycles. The van der Waals surface area contributed by atoms with Crippen molar-refractivity contribution in [1.29, 1.82) is 0 Å². The number of anilines is 4. The van der Waals surface area contributed by atoms with Gasteiger partial charge < -0.3 is 15.1 Å². The Balaban J connectivity index is 1.42. The number of hydrogen-bond acceptors (Lipinski definition) is 6. The summed E-state index contributed by atoms with van der Waals surface area (Å²) in [5, 5.41) is 3.36. The number of nitrogens with zero attached hydrogens (tertiary/aromatic N) is 5. The first-order chi connectivity index (χ1) is 14.2. The summed E-state index contributed by atoms with van der Waals surface area (Å²) in [4.78, 5) is 18.0. The normalized spacial score (nSPS) is 13.5. The van der Waals surface area contributed by atoms with E-state index in [0.29, 0.717) is 5.95 Å². The molecule has 150 valence electrons. The first-order valence-electron chi connectivity index (χ1n) is 10.3. The highest BCUT2D eigenvalue weighted by atomic mass is 15.2. The van der Waals surface area contributed by atoms with Crippen LogP contribution in [0.5, 0.6) is 0 Å². The maximum Gasteiger partial charge on any atom is 0.229 e. The summed E-state index contributed by atoms with van der Waals surface area (Å²) in [7, 11) is 2.07. The third-order valence-electron chi connectivity index (χ3n) is 5.31. The molecule has 1 N–H and O–H groups in total. The lowest BCUT2D eigenvalue weighted by Gasteiger charge is -2.20. The Hall–Kier alpha value is -3.15. The molecule has 0 amide bonds. The zero-order chi connectivity index (χ0) is 20.1. The van der Waals surface area contributed by atoms with E-state index >= 15 is 0 Å². The molecule has 0 saturated carbocycles. The predicted octanol–water partition coefficient (Wildman–Crippen LogP) is 4.20. The molecule has 29 heavy (non-hydrogen) atoms. The summed E-state index contributed by atoms with van der Waals surface area (Å²) in [6.07, 6.45) is 7.19. The quantitative estimate of drug-likeness (QED) is 0.655. The molecule has 0 spiro atoms. The summed E-state index contributed by atoms with van der Waals surface area (Å²) in [6, 6.07) is 14.7.